The van der Waals surface area contributed by atoms with E-state index in [-0.39, 0.29) is 10.8 Å². The third-order valence-electron chi connectivity index (χ3n) is 4.54. The van der Waals surface area contributed by atoms with Crippen molar-refractivity contribution in [3.05, 3.63) is 77.1 Å². The molecule has 1 heterocycles. The maximum atomic E-state index is 12.8. The van der Waals surface area contributed by atoms with Gasteiger partial charge in [-0.25, -0.2) is 8.42 Å². The molecule has 0 saturated heterocycles. The molecule has 0 fully saturated rings. The molecule has 0 saturated carbocycles. The van der Waals surface area contributed by atoms with E-state index in [9.17, 15) is 13.2 Å². The third kappa shape index (κ3) is 5.03. The van der Waals surface area contributed by atoms with Gasteiger partial charge in [0.2, 0.25) is 0 Å². The van der Waals surface area contributed by atoms with Crippen LogP contribution in [0.25, 0.3) is 0 Å². The number of nitrogens with zero attached hydrogens (tertiary/aromatic N) is 2. The number of benzene rings is 2. The Kier molecular flexibility index (Phi) is 6.03. The van der Waals surface area contributed by atoms with Crippen molar-refractivity contribution < 1.29 is 13.2 Å². The Hall–Kier alpha value is -3.13. The summed E-state index contributed by atoms with van der Waals surface area (Å²) in [7, 11) is -1.94. The van der Waals surface area contributed by atoms with E-state index < -0.39 is 10.0 Å². The first-order valence-electron chi connectivity index (χ1n) is 9.26. The smallest absolute Gasteiger partial charge is 0.261 e. The van der Waals surface area contributed by atoms with Crippen molar-refractivity contribution in [3.8, 4) is 0 Å². The lowest BCUT2D eigenvalue weighted by Crippen LogP contribution is -2.23. The van der Waals surface area contributed by atoms with Gasteiger partial charge in [0.15, 0.2) is 0 Å². The van der Waals surface area contributed by atoms with Gasteiger partial charge in [-0.1, -0.05) is 30.7 Å². The molecule has 0 aliphatic carbocycles. The number of nitrogens with one attached hydrogen (secondary N) is 2. The maximum absolute atomic E-state index is 12.8. The molecule has 0 spiro atoms. The second-order valence-electron chi connectivity index (χ2n) is 6.85. The molecule has 0 atom stereocenters. The van der Waals surface area contributed by atoms with Gasteiger partial charge in [-0.15, -0.1) is 0 Å². The van der Waals surface area contributed by atoms with Crippen LogP contribution in [0.3, 0.4) is 0 Å². The average molecular weight is 413 g/mol. The van der Waals surface area contributed by atoms with Gasteiger partial charge in [-0.3, -0.25) is 14.2 Å². The lowest BCUT2D eigenvalue weighted by Gasteiger charge is -2.14. The number of carbonyl (C=O) groups excluding carboxylic acids is 1. The number of aromatic nitrogens is 2. The van der Waals surface area contributed by atoms with E-state index >= 15 is 0 Å². The number of anilines is 1. The number of carbonyl (C=O) groups is 1. The van der Waals surface area contributed by atoms with Crippen LogP contribution in [-0.4, -0.2) is 24.1 Å². The van der Waals surface area contributed by atoms with Crippen LogP contribution in [0.15, 0.2) is 59.8 Å². The van der Waals surface area contributed by atoms with Crippen molar-refractivity contribution in [1.82, 2.24) is 15.1 Å². The summed E-state index contributed by atoms with van der Waals surface area (Å²) in [6.45, 7) is 4.17. The van der Waals surface area contributed by atoms with Crippen molar-refractivity contribution in [2.24, 2.45) is 7.05 Å². The largest absolute Gasteiger partial charge is 0.348 e. The van der Waals surface area contributed by atoms with Crippen LogP contribution in [0.5, 0.6) is 0 Å². The van der Waals surface area contributed by atoms with Gasteiger partial charge in [0.25, 0.3) is 15.9 Å². The zero-order valence-electron chi connectivity index (χ0n) is 16.6. The SMILES string of the molecule is CCc1ccc(C(=O)NCc2cnn(C)c2)cc1NS(=O)(=O)c1ccc(C)cc1. The fourth-order valence-corrected chi connectivity index (χ4v) is 3.98. The van der Waals surface area contributed by atoms with Crippen molar-refractivity contribution in [1.29, 1.82) is 0 Å². The van der Waals surface area contributed by atoms with E-state index in [0.717, 1.165) is 16.7 Å². The van der Waals surface area contributed by atoms with Crippen LogP contribution in [0.1, 0.15) is 34.0 Å². The average Bonchev–Trinajstić information content (AvgIpc) is 3.11. The van der Waals surface area contributed by atoms with Crippen molar-refractivity contribution in [2.45, 2.75) is 31.7 Å². The molecule has 7 nitrogen and oxygen atoms in total. The van der Waals surface area contributed by atoms with E-state index in [4.69, 9.17) is 0 Å². The highest BCUT2D eigenvalue weighted by molar-refractivity contribution is 7.92. The Morgan fingerprint density at radius 3 is 2.48 bits per heavy atom. The molecule has 0 unspecified atom stereocenters. The van der Waals surface area contributed by atoms with Crippen LogP contribution in [0.2, 0.25) is 0 Å². The summed E-state index contributed by atoms with van der Waals surface area (Å²) in [6.07, 6.45) is 4.13. The summed E-state index contributed by atoms with van der Waals surface area (Å²) in [6, 6.07) is 11.7. The molecule has 0 aliphatic rings. The predicted octanol–water partition coefficient (Wildman–Crippen LogP) is 3.02. The summed E-state index contributed by atoms with van der Waals surface area (Å²) >= 11 is 0. The van der Waals surface area contributed by atoms with E-state index in [2.05, 4.69) is 15.1 Å². The maximum Gasteiger partial charge on any atom is 0.261 e. The molecule has 2 aromatic carbocycles. The van der Waals surface area contributed by atoms with Crippen molar-refractivity contribution >= 4 is 21.6 Å². The molecule has 152 valence electrons. The third-order valence-corrected chi connectivity index (χ3v) is 5.92. The molecular formula is C21H24N4O3S. The number of sulfonamides is 1. The van der Waals surface area contributed by atoms with Gasteiger partial charge in [0, 0.05) is 30.9 Å². The molecule has 29 heavy (non-hydrogen) atoms. The number of hydrogen-bond donors (Lipinski definition) is 2. The van der Waals surface area contributed by atoms with E-state index in [0.29, 0.717) is 24.2 Å². The zero-order chi connectivity index (χ0) is 21.0. The molecule has 0 aliphatic heterocycles. The predicted molar refractivity (Wildman–Crippen MR) is 112 cm³/mol. The minimum absolute atomic E-state index is 0.177. The first-order chi connectivity index (χ1) is 13.8. The summed E-state index contributed by atoms with van der Waals surface area (Å²) in [5, 5.41) is 6.89. The summed E-state index contributed by atoms with van der Waals surface area (Å²) in [5.41, 5.74) is 3.45. The second-order valence-corrected chi connectivity index (χ2v) is 8.53. The highest BCUT2D eigenvalue weighted by Gasteiger charge is 2.17. The first-order valence-corrected chi connectivity index (χ1v) is 10.7. The highest BCUT2D eigenvalue weighted by atomic mass is 32.2. The Labute approximate surface area is 170 Å². The molecule has 0 radical (unpaired) electrons. The number of amides is 1. The van der Waals surface area contributed by atoms with Gasteiger partial charge < -0.3 is 5.32 Å². The quantitative estimate of drug-likeness (QED) is 0.624. The minimum atomic E-state index is -3.75. The van der Waals surface area contributed by atoms with Crippen LogP contribution in [0, 0.1) is 6.92 Å². The molecule has 1 amide bonds. The Morgan fingerprint density at radius 2 is 1.86 bits per heavy atom. The van der Waals surface area contributed by atoms with Crippen molar-refractivity contribution in [2.75, 3.05) is 4.72 Å². The molecule has 1 aromatic heterocycles. The lowest BCUT2D eigenvalue weighted by molar-refractivity contribution is 0.0951. The van der Waals surface area contributed by atoms with Gasteiger partial charge in [-0.2, -0.15) is 5.10 Å². The normalized spacial score (nSPS) is 11.3. The molecule has 3 aromatic rings. The second kappa shape index (κ2) is 8.48. The molecular weight excluding hydrogens is 388 g/mol. The number of hydrogen-bond acceptors (Lipinski definition) is 4. The molecule has 3 rings (SSSR count). The standard InChI is InChI=1S/C21H24N4O3S/c1-4-17-7-8-18(21(26)22-12-16-13-23-25(3)14-16)11-20(17)24-29(27,28)19-9-5-15(2)6-10-19/h5-11,13-14,24H,4,12H2,1-3H3,(H,22,26). The molecule has 0 bridgehead atoms. The summed E-state index contributed by atoms with van der Waals surface area (Å²) < 4.78 is 29.8. The van der Waals surface area contributed by atoms with Crippen LogP contribution >= 0.6 is 0 Å². The fourth-order valence-electron chi connectivity index (χ4n) is 2.89. The van der Waals surface area contributed by atoms with Crippen LogP contribution in [0.4, 0.5) is 5.69 Å². The Bertz CT molecular complexity index is 1120. The first kappa shape index (κ1) is 20.6. The van der Waals surface area contributed by atoms with Crippen molar-refractivity contribution in [3.63, 3.8) is 0 Å². The monoisotopic (exact) mass is 412 g/mol. The number of aryl methyl sites for hydroxylation is 3. The van der Waals surface area contributed by atoms with Crippen LogP contribution < -0.4 is 10.0 Å². The lowest BCUT2D eigenvalue weighted by atomic mass is 10.1. The van der Waals surface area contributed by atoms with Gasteiger partial charge in [-0.05, 0) is 43.2 Å². The zero-order valence-corrected chi connectivity index (χ0v) is 17.5. The Morgan fingerprint density at radius 1 is 1.14 bits per heavy atom. The summed E-state index contributed by atoms with van der Waals surface area (Å²) in [4.78, 5) is 12.7. The van der Waals surface area contributed by atoms with Crippen LogP contribution in [-0.2, 0) is 30.0 Å². The van der Waals surface area contributed by atoms with E-state index in [1.165, 1.54) is 0 Å². The van der Waals surface area contributed by atoms with Gasteiger partial charge in [0.1, 0.15) is 0 Å². The summed E-state index contributed by atoms with van der Waals surface area (Å²) in [5.74, 6) is -0.285. The molecule has 8 heteroatoms. The van der Waals surface area contributed by atoms with E-state index in [1.807, 2.05) is 20.0 Å². The fraction of sp³-hybridized carbons (Fsp3) is 0.238. The Balaban J connectivity index is 1.81. The van der Waals surface area contributed by atoms with Gasteiger partial charge in [0.05, 0.1) is 16.8 Å². The van der Waals surface area contributed by atoms with Gasteiger partial charge >= 0.3 is 0 Å². The highest BCUT2D eigenvalue weighted by Crippen LogP contribution is 2.23. The molecule has 2 N–H and O–H groups in total. The topological polar surface area (TPSA) is 93.1 Å². The number of rotatable bonds is 7. The minimum Gasteiger partial charge on any atom is -0.348 e. The van der Waals surface area contributed by atoms with E-state index in [1.54, 1.807) is 60.4 Å².